The highest BCUT2D eigenvalue weighted by Gasteiger charge is 2.08. The molecule has 0 radical (unpaired) electrons. The standard InChI is InChI=1S/C15H16N2O2/c1-3-10-6-12(7-13(9-18)15(10)16)11-4-5-14(19-2)17-8-11/h4-9H,3,16H2,1-2H3. The quantitative estimate of drug-likeness (QED) is 0.674. The second-order valence-corrected chi connectivity index (χ2v) is 4.20. The zero-order valence-corrected chi connectivity index (χ0v) is 11.0. The number of anilines is 1. The number of aryl methyl sites for hydroxylation is 1. The molecule has 0 bridgehead atoms. The first-order valence-electron chi connectivity index (χ1n) is 6.07. The molecule has 98 valence electrons. The maximum atomic E-state index is 11.1. The van der Waals surface area contributed by atoms with E-state index in [1.165, 1.54) is 0 Å². The lowest BCUT2D eigenvalue weighted by Crippen LogP contribution is -1.99. The molecule has 2 N–H and O–H groups in total. The van der Waals surface area contributed by atoms with Crippen LogP contribution in [-0.4, -0.2) is 18.4 Å². The van der Waals surface area contributed by atoms with Crippen molar-refractivity contribution < 1.29 is 9.53 Å². The number of nitrogen functional groups attached to an aromatic ring is 1. The summed E-state index contributed by atoms with van der Waals surface area (Å²) in [6.45, 7) is 2.01. The number of carbonyl (C=O) groups is 1. The molecule has 1 heterocycles. The summed E-state index contributed by atoms with van der Waals surface area (Å²) in [5.74, 6) is 0.561. The summed E-state index contributed by atoms with van der Waals surface area (Å²) in [6.07, 6.45) is 3.29. The van der Waals surface area contributed by atoms with E-state index in [0.717, 1.165) is 29.4 Å². The SMILES string of the molecule is CCc1cc(-c2ccc(OC)nc2)cc(C=O)c1N. The van der Waals surface area contributed by atoms with Gasteiger partial charge in [-0.15, -0.1) is 0 Å². The summed E-state index contributed by atoms with van der Waals surface area (Å²) in [6, 6.07) is 7.47. The monoisotopic (exact) mass is 256 g/mol. The van der Waals surface area contributed by atoms with E-state index in [4.69, 9.17) is 10.5 Å². The normalized spacial score (nSPS) is 10.2. The minimum Gasteiger partial charge on any atom is -0.481 e. The number of rotatable bonds is 4. The molecule has 0 aliphatic carbocycles. The van der Waals surface area contributed by atoms with Crippen LogP contribution in [0.1, 0.15) is 22.8 Å². The van der Waals surface area contributed by atoms with Gasteiger partial charge < -0.3 is 10.5 Å². The van der Waals surface area contributed by atoms with Gasteiger partial charge in [0.25, 0.3) is 0 Å². The van der Waals surface area contributed by atoms with Crippen LogP contribution in [0.4, 0.5) is 5.69 Å². The van der Waals surface area contributed by atoms with Gasteiger partial charge in [-0.05, 0) is 35.7 Å². The predicted molar refractivity (Wildman–Crippen MR) is 75.4 cm³/mol. The van der Waals surface area contributed by atoms with E-state index >= 15 is 0 Å². The third-order valence-corrected chi connectivity index (χ3v) is 3.08. The second-order valence-electron chi connectivity index (χ2n) is 4.20. The number of aromatic nitrogens is 1. The van der Waals surface area contributed by atoms with Crippen LogP contribution in [-0.2, 0) is 6.42 Å². The fourth-order valence-electron chi connectivity index (χ4n) is 1.97. The van der Waals surface area contributed by atoms with E-state index in [0.29, 0.717) is 17.1 Å². The van der Waals surface area contributed by atoms with E-state index < -0.39 is 0 Å². The molecule has 0 atom stereocenters. The number of methoxy groups -OCH3 is 1. The van der Waals surface area contributed by atoms with E-state index in [1.54, 1.807) is 25.4 Å². The number of hydrogen-bond acceptors (Lipinski definition) is 4. The number of nitrogens with zero attached hydrogens (tertiary/aromatic N) is 1. The van der Waals surface area contributed by atoms with Gasteiger partial charge in [0.15, 0.2) is 6.29 Å². The van der Waals surface area contributed by atoms with Crippen molar-refractivity contribution in [2.45, 2.75) is 13.3 Å². The molecule has 4 nitrogen and oxygen atoms in total. The van der Waals surface area contributed by atoms with Crippen LogP contribution in [0.15, 0.2) is 30.5 Å². The maximum absolute atomic E-state index is 11.1. The summed E-state index contributed by atoms with van der Waals surface area (Å²) in [7, 11) is 1.57. The van der Waals surface area contributed by atoms with Gasteiger partial charge in [0, 0.05) is 29.1 Å². The zero-order valence-electron chi connectivity index (χ0n) is 11.0. The molecule has 0 spiro atoms. The molecular weight excluding hydrogens is 240 g/mol. The number of pyridine rings is 1. The number of hydrogen-bond donors (Lipinski definition) is 1. The molecule has 0 amide bonds. The van der Waals surface area contributed by atoms with Crippen molar-refractivity contribution in [2.24, 2.45) is 0 Å². The van der Waals surface area contributed by atoms with Crippen LogP contribution in [0.5, 0.6) is 5.88 Å². The predicted octanol–water partition coefficient (Wildman–Crippen LogP) is 2.71. The largest absolute Gasteiger partial charge is 0.481 e. The third-order valence-electron chi connectivity index (χ3n) is 3.08. The molecule has 0 unspecified atom stereocenters. The minimum absolute atomic E-state index is 0.519. The topological polar surface area (TPSA) is 65.2 Å². The number of carbonyl (C=O) groups excluding carboxylic acids is 1. The van der Waals surface area contributed by atoms with Gasteiger partial charge in [-0.2, -0.15) is 0 Å². The van der Waals surface area contributed by atoms with Crippen molar-refractivity contribution in [1.29, 1.82) is 0 Å². The highest BCUT2D eigenvalue weighted by atomic mass is 16.5. The van der Waals surface area contributed by atoms with E-state index in [-0.39, 0.29) is 0 Å². The highest BCUT2D eigenvalue weighted by Crippen LogP contribution is 2.27. The smallest absolute Gasteiger partial charge is 0.212 e. The van der Waals surface area contributed by atoms with Gasteiger partial charge in [0.2, 0.25) is 5.88 Å². The van der Waals surface area contributed by atoms with Crippen LogP contribution in [0.2, 0.25) is 0 Å². The fraction of sp³-hybridized carbons (Fsp3) is 0.200. The van der Waals surface area contributed by atoms with Crippen LogP contribution < -0.4 is 10.5 Å². The summed E-state index contributed by atoms with van der Waals surface area (Å²) < 4.78 is 5.03. The maximum Gasteiger partial charge on any atom is 0.212 e. The Morgan fingerprint density at radius 2 is 2.11 bits per heavy atom. The Labute approximate surface area is 112 Å². The van der Waals surface area contributed by atoms with Gasteiger partial charge >= 0.3 is 0 Å². The Morgan fingerprint density at radius 3 is 2.63 bits per heavy atom. The number of ether oxygens (including phenoxy) is 1. The summed E-state index contributed by atoms with van der Waals surface area (Å²) in [5.41, 5.74) is 9.84. The van der Waals surface area contributed by atoms with Crippen LogP contribution >= 0.6 is 0 Å². The van der Waals surface area contributed by atoms with Gasteiger partial charge in [-0.1, -0.05) is 6.92 Å². The Balaban J connectivity index is 2.51. The molecule has 1 aromatic heterocycles. The zero-order chi connectivity index (χ0) is 13.8. The molecule has 0 fully saturated rings. The summed E-state index contributed by atoms with van der Waals surface area (Å²) >= 11 is 0. The highest BCUT2D eigenvalue weighted by molar-refractivity contribution is 5.88. The summed E-state index contributed by atoms with van der Waals surface area (Å²) in [5, 5.41) is 0. The van der Waals surface area contributed by atoms with Gasteiger partial charge in [-0.25, -0.2) is 4.98 Å². The van der Waals surface area contributed by atoms with Gasteiger partial charge in [0.05, 0.1) is 7.11 Å². The van der Waals surface area contributed by atoms with Crippen LogP contribution in [0.3, 0.4) is 0 Å². The van der Waals surface area contributed by atoms with Gasteiger partial charge in [-0.3, -0.25) is 4.79 Å². The minimum atomic E-state index is 0.519. The molecule has 2 rings (SSSR count). The first-order valence-corrected chi connectivity index (χ1v) is 6.07. The Hall–Kier alpha value is -2.36. The Bertz CT molecular complexity index is 592. The first kappa shape index (κ1) is 13.1. The molecule has 0 saturated carbocycles. The van der Waals surface area contributed by atoms with Crippen molar-refractivity contribution in [3.8, 4) is 17.0 Å². The lowest BCUT2D eigenvalue weighted by Gasteiger charge is -2.10. The average molecular weight is 256 g/mol. The molecule has 1 aromatic carbocycles. The lowest BCUT2D eigenvalue weighted by molar-refractivity contribution is 0.112. The summed E-state index contributed by atoms with van der Waals surface area (Å²) in [4.78, 5) is 15.2. The number of benzene rings is 1. The van der Waals surface area contributed by atoms with Crippen molar-refractivity contribution in [1.82, 2.24) is 4.98 Å². The van der Waals surface area contributed by atoms with E-state index in [9.17, 15) is 4.79 Å². The molecule has 19 heavy (non-hydrogen) atoms. The molecular formula is C15H16N2O2. The Kier molecular flexibility index (Phi) is 3.80. The molecule has 0 saturated heterocycles. The van der Waals surface area contributed by atoms with E-state index in [1.807, 2.05) is 19.1 Å². The fourth-order valence-corrected chi connectivity index (χ4v) is 1.97. The van der Waals surface area contributed by atoms with Crippen LogP contribution in [0, 0.1) is 0 Å². The molecule has 0 aliphatic rings. The van der Waals surface area contributed by atoms with Crippen molar-refractivity contribution in [2.75, 3.05) is 12.8 Å². The first-order chi connectivity index (χ1) is 9.19. The average Bonchev–Trinajstić information content (AvgIpc) is 2.47. The molecule has 4 heteroatoms. The van der Waals surface area contributed by atoms with Crippen LogP contribution in [0.25, 0.3) is 11.1 Å². The van der Waals surface area contributed by atoms with Crippen molar-refractivity contribution in [3.05, 3.63) is 41.6 Å². The van der Waals surface area contributed by atoms with Crippen molar-refractivity contribution in [3.63, 3.8) is 0 Å². The second kappa shape index (κ2) is 5.52. The van der Waals surface area contributed by atoms with Crippen molar-refractivity contribution >= 4 is 12.0 Å². The van der Waals surface area contributed by atoms with E-state index in [2.05, 4.69) is 4.98 Å². The number of aldehydes is 1. The van der Waals surface area contributed by atoms with Gasteiger partial charge in [0.1, 0.15) is 0 Å². The lowest BCUT2D eigenvalue weighted by atomic mass is 9.98. The third kappa shape index (κ3) is 2.57. The Morgan fingerprint density at radius 1 is 1.32 bits per heavy atom. The number of nitrogens with two attached hydrogens (primary N) is 1. The molecule has 0 aliphatic heterocycles. The molecule has 2 aromatic rings.